The van der Waals surface area contributed by atoms with E-state index in [9.17, 15) is 34.3 Å². The Hall–Kier alpha value is -5.86. The van der Waals surface area contributed by atoms with Crippen molar-refractivity contribution >= 4 is 59.0 Å². The van der Waals surface area contributed by atoms with Crippen LogP contribution in [0.3, 0.4) is 0 Å². The van der Waals surface area contributed by atoms with Crippen LogP contribution >= 0.6 is 7.82 Å². The molecule has 0 bridgehead atoms. The van der Waals surface area contributed by atoms with Crippen LogP contribution in [0.1, 0.15) is 31.1 Å². The maximum absolute atomic E-state index is 14.9. The van der Waals surface area contributed by atoms with Gasteiger partial charge in [-0.05, 0) is 34.4 Å². The second kappa shape index (κ2) is 11.1. The number of aldehydes is 3. The van der Waals surface area contributed by atoms with E-state index in [-0.39, 0.29) is 50.1 Å². The molecule has 218 valence electrons. The topological polar surface area (TPSA) is 157 Å². The summed E-state index contributed by atoms with van der Waals surface area (Å²) in [5.74, 6) is -2.62. The van der Waals surface area contributed by atoms with Gasteiger partial charge in [-0.2, -0.15) is 4.57 Å². The largest absolute Gasteiger partial charge is 0.647 e. The van der Waals surface area contributed by atoms with E-state index in [4.69, 9.17) is 13.6 Å². The molecule has 0 heterocycles. The molecular weight excluding hydrogens is 587 g/mol. The first-order chi connectivity index (χ1) is 21.3. The average molecular weight is 608 g/mol. The number of carbonyl (C=O) groups excluding carboxylic acids is 3. The van der Waals surface area contributed by atoms with E-state index in [0.717, 1.165) is 0 Å². The van der Waals surface area contributed by atoms with Crippen molar-refractivity contribution < 1.29 is 47.8 Å². The van der Waals surface area contributed by atoms with E-state index in [0.29, 0.717) is 35.0 Å². The molecule has 44 heavy (non-hydrogen) atoms. The highest BCUT2D eigenvalue weighted by molar-refractivity contribution is 7.49. The van der Waals surface area contributed by atoms with Crippen LogP contribution in [0.5, 0.6) is 34.5 Å². The summed E-state index contributed by atoms with van der Waals surface area (Å²) in [6, 6.07) is 23.3. The zero-order valence-electron chi connectivity index (χ0n) is 22.5. The van der Waals surface area contributed by atoms with Gasteiger partial charge in [0, 0.05) is 16.2 Å². The molecule has 0 aliphatic carbocycles. The third-order valence-electron chi connectivity index (χ3n) is 7.02. The Bertz CT molecular complexity index is 1950. The minimum Gasteiger partial charge on any atom is -0.507 e. The van der Waals surface area contributed by atoms with Gasteiger partial charge in [-0.1, -0.05) is 72.8 Å². The standard InChI is InChI=1S/C33H21O10P/c34-16-25-28(37)13-19-7-1-4-10-22(19)31(25)41-44(40,42-32-23-11-5-2-8-20(23)14-29(38)26(32)17-35)43-33-24-12-6-3-9-21(24)15-30(39)27(33)18-36/h1-18,37-39H. The van der Waals surface area contributed by atoms with Gasteiger partial charge in [0.1, 0.15) is 17.2 Å². The molecule has 0 aliphatic rings. The van der Waals surface area contributed by atoms with E-state index < -0.39 is 25.1 Å². The van der Waals surface area contributed by atoms with Gasteiger partial charge in [0.15, 0.2) is 36.1 Å². The Morgan fingerprint density at radius 1 is 0.477 bits per heavy atom. The second-order valence-electron chi connectivity index (χ2n) is 9.65. The van der Waals surface area contributed by atoms with Crippen molar-refractivity contribution in [1.29, 1.82) is 0 Å². The molecule has 6 aromatic rings. The third kappa shape index (κ3) is 4.83. The first kappa shape index (κ1) is 28.3. The number of phosphoric ester groups is 1. The van der Waals surface area contributed by atoms with E-state index in [1.54, 1.807) is 72.8 Å². The summed E-state index contributed by atoms with van der Waals surface area (Å²) in [7, 11) is -5.19. The molecule has 0 radical (unpaired) electrons. The molecule has 3 N–H and O–H groups in total. The summed E-state index contributed by atoms with van der Waals surface area (Å²) in [5, 5.41) is 33.9. The fourth-order valence-corrected chi connectivity index (χ4v) is 6.35. The Balaban J connectivity index is 1.64. The van der Waals surface area contributed by atoms with Crippen LogP contribution in [0, 0.1) is 0 Å². The summed E-state index contributed by atoms with van der Waals surface area (Å²) in [4.78, 5) is 36.5. The molecule has 0 atom stereocenters. The number of aromatic hydroxyl groups is 3. The van der Waals surface area contributed by atoms with Gasteiger partial charge in [0.25, 0.3) is 0 Å². The van der Waals surface area contributed by atoms with E-state index in [1.165, 1.54) is 18.2 Å². The zero-order valence-corrected chi connectivity index (χ0v) is 23.4. The molecule has 0 amide bonds. The molecule has 6 aromatic carbocycles. The molecule has 0 spiro atoms. The zero-order chi connectivity index (χ0) is 31.0. The Morgan fingerprint density at radius 3 is 1.02 bits per heavy atom. The van der Waals surface area contributed by atoms with Crippen LogP contribution in [0.2, 0.25) is 0 Å². The maximum atomic E-state index is 14.9. The monoisotopic (exact) mass is 608 g/mol. The normalized spacial score (nSPS) is 11.4. The van der Waals surface area contributed by atoms with Crippen molar-refractivity contribution in [2.24, 2.45) is 0 Å². The number of fused-ring (bicyclic) bond motifs is 3. The highest BCUT2D eigenvalue weighted by Crippen LogP contribution is 2.56. The average Bonchev–Trinajstić information content (AvgIpc) is 3.01. The van der Waals surface area contributed by atoms with Crippen molar-refractivity contribution in [3.05, 3.63) is 108 Å². The van der Waals surface area contributed by atoms with E-state index in [2.05, 4.69) is 0 Å². The van der Waals surface area contributed by atoms with Crippen LogP contribution in [0.15, 0.2) is 91.0 Å². The molecule has 0 unspecified atom stereocenters. The Morgan fingerprint density at radius 2 is 0.750 bits per heavy atom. The van der Waals surface area contributed by atoms with Crippen LogP contribution in [-0.4, -0.2) is 34.2 Å². The summed E-state index contributed by atoms with van der Waals surface area (Å²) < 4.78 is 32.7. The number of rotatable bonds is 9. The van der Waals surface area contributed by atoms with Gasteiger partial charge in [0.05, 0.1) is 16.7 Å². The molecule has 0 aliphatic heterocycles. The lowest BCUT2D eigenvalue weighted by Gasteiger charge is -2.24. The molecule has 0 fully saturated rings. The number of hydrogen-bond acceptors (Lipinski definition) is 10. The van der Waals surface area contributed by atoms with Crippen LogP contribution in [0.25, 0.3) is 32.3 Å². The van der Waals surface area contributed by atoms with Crippen molar-refractivity contribution in [3.63, 3.8) is 0 Å². The van der Waals surface area contributed by atoms with Gasteiger partial charge >= 0.3 is 7.82 Å². The number of hydrogen-bond donors (Lipinski definition) is 3. The predicted octanol–water partition coefficient (Wildman–Crippen LogP) is 7.35. The summed E-state index contributed by atoms with van der Waals surface area (Å²) in [6.07, 6.45) is 0.883. The maximum Gasteiger partial charge on any atom is 0.647 e. The van der Waals surface area contributed by atoms with Gasteiger partial charge in [0.2, 0.25) is 0 Å². The number of phosphoric acid groups is 1. The second-order valence-corrected chi connectivity index (χ2v) is 11.1. The molecule has 0 aromatic heterocycles. The molecule has 6 rings (SSSR count). The van der Waals surface area contributed by atoms with Gasteiger partial charge in [-0.15, -0.1) is 0 Å². The van der Waals surface area contributed by atoms with Crippen molar-refractivity contribution in [1.82, 2.24) is 0 Å². The molecule has 0 saturated carbocycles. The van der Waals surface area contributed by atoms with E-state index >= 15 is 0 Å². The van der Waals surface area contributed by atoms with Crippen LogP contribution in [-0.2, 0) is 4.57 Å². The number of phenols is 3. The quantitative estimate of drug-likeness (QED) is 0.112. The smallest absolute Gasteiger partial charge is 0.507 e. The highest BCUT2D eigenvalue weighted by Gasteiger charge is 2.39. The SMILES string of the molecule is O=Cc1c(O)cc2ccccc2c1OP(=O)(Oc1c(C=O)c(O)cc2ccccc12)Oc1c(C=O)c(O)cc2ccccc12. The van der Waals surface area contributed by atoms with Gasteiger partial charge in [-0.3, -0.25) is 14.4 Å². The molecule has 10 nitrogen and oxygen atoms in total. The Kier molecular flexibility index (Phi) is 7.12. The Labute approximate surface area is 248 Å². The van der Waals surface area contributed by atoms with E-state index in [1.807, 2.05) is 0 Å². The first-order valence-corrected chi connectivity index (χ1v) is 14.5. The lowest BCUT2D eigenvalue weighted by Crippen LogP contribution is -2.11. The first-order valence-electron chi connectivity index (χ1n) is 13.1. The van der Waals surface area contributed by atoms with Gasteiger partial charge < -0.3 is 28.9 Å². The highest BCUT2D eigenvalue weighted by atomic mass is 31.2. The fourth-order valence-electron chi connectivity index (χ4n) is 4.98. The lowest BCUT2D eigenvalue weighted by molar-refractivity contribution is 0.111. The minimum absolute atomic E-state index is 0.243. The summed E-state index contributed by atoms with van der Waals surface area (Å²) >= 11 is 0. The van der Waals surface area contributed by atoms with Crippen LogP contribution in [0.4, 0.5) is 0 Å². The molecule has 11 heteroatoms. The number of carbonyl (C=O) groups is 3. The van der Waals surface area contributed by atoms with Crippen LogP contribution < -0.4 is 13.6 Å². The predicted molar refractivity (Wildman–Crippen MR) is 162 cm³/mol. The van der Waals surface area contributed by atoms with Gasteiger partial charge in [-0.25, -0.2) is 0 Å². The third-order valence-corrected chi connectivity index (χ3v) is 8.24. The van der Waals surface area contributed by atoms with Crippen molar-refractivity contribution in [2.45, 2.75) is 0 Å². The summed E-state index contributed by atoms with van der Waals surface area (Å²) in [5.41, 5.74) is -1.16. The number of phenolic OH excluding ortho intramolecular Hbond substituents is 3. The molecule has 0 saturated heterocycles. The number of benzene rings is 6. The van der Waals surface area contributed by atoms with Crippen molar-refractivity contribution in [3.8, 4) is 34.5 Å². The summed E-state index contributed by atoms with van der Waals surface area (Å²) in [6.45, 7) is 0. The molecular formula is C33H21O10P. The minimum atomic E-state index is -5.19. The van der Waals surface area contributed by atoms with Crippen molar-refractivity contribution in [2.75, 3.05) is 0 Å². The fraction of sp³-hybridized carbons (Fsp3) is 0. The lowest BCUT2D eigenvalue weighted by atomic mass is 10.1.